The van der Waals surface area contributed by atoms with E-state index in [0.29, 0.717) is 31.8 Å². The van der Waals surface area contributed by atoms with Crippen molar-refractivity contribution in [1.82, 2.24) is 0 Å². The molecule has 0 unspecified atom stereocenters. The van der Waals surface area contributed by atoms with Gasteiger partial charge < -0.3 is 9.84 Å². The van der Waals surface area contributed by atoms with Crippen molar-refractivity contribution in [3.8, 4) is 0 Å². The summed E-state index contributed by atoms with van der Waals surface area (Å²) in [4.78, 5) is 12.2. The molecule has 1 aliphatic rings. The standard InChI is InChI=1S/C14H24O3/c1-4-8-14(9-6-5-7-12(14)15)13(16)17-10-11(2)3/h4,11-12,15H,1,5-10H2,2-3H3/t12-,14-/m1/s1. The predicted molar refractivity (Wildman–Crippen MR) is 67.5 cm³/mol. The van der Waals surface area contributed by atoms with Gasteiger partial charge in [0.25, 0.3) is 0 Å². The lowest BCUT2D eigenvalue weighted by molar-refractivity contribution is -0.168. The lowest BCUT2D eigenvalue weighted by Crippen LogP contribution is -2.45. The highest BCUT2D eigenvalue weighted by Crippen LogP contribution is 2.41. The highest BCUT2D eigenvalue weighted by atomic mass is 16.5. The molecule has 1 fully saturated rings. The van der Waals surface area contributed by atoms with Gasteiger partial charge in [-0.05, 0) is 25.2 Å². The van der Waals surface area contributed by atoms with Crippen LogP contribution in [0.5, 0.6) is 0 Å². The van der Waals surface area contributed by atoms with Crippen molar-refractivity contribution in [3.05, 3.63) is 12.7 Å². The maximum atomic E-state index is 12.2. The Kier molecular flexibility index (Phi) is 5.19. The Labute approximate surface area is 104 Å². The van der Waals surface area contributed by atoms with E-state index < -0.39 is 11.5 Å². The fourth-order valence-electron chi connectivity index (χ4n) is 2.42. The predicted octanol–water partition coefficient (Wildman–Crippen LogP) is 2.68. The number of carbonyl (C=O) groups is 1. The lowest BCUT2D eigenvalue weighted by atomic mass is 9.69. The summed E-state index contributed by atoms with van der Waals surface area (Å²) in [7, 11) is 0. The maximum absolute atomic E-state index is 12.2. The van der Waals surface area contributed by atoms with Crippen LogP contribution in [0.3, 0.4) is 0 Å². The number of hydrogen-bond donors (Lipinski definition) is 1. The van der Waals surface area contributed by atoms with Gasteiger partial charge in [-0.3, -0.25) is 4.79 Å². The Bertz CT molecular complexity index is 273. The molecule has 0 amide bonds. The first-order valence-corrected chi connectivity index (χ1v) is 6.49. The highest BCUT2D eigenvalue weighted by molar-refractivity contribution is 5.78. The zero-order valence-corrected chi connectivity index (χ0v) is 10.9. The van der Waals surface area contributed by atoms with Crippen LogP contribution in [-0.4, -0.2) is 23.8 Å². The van der Waals surface area contributed by atoms with Gasteiger partial charge in [-0.25, -0.2) is 0 Å². The van der Waals surface area contributed by atoms with Gasteiger partial charge in [-0.15, -0.1) is 6.58 Å². The second-order valence-corrected chi connectivity index (χ2v) is 5.40. The molecule has 0 aromatic carbocycles. The molecule has 2 atom stereocenters. The third kappa shape index (κ3) is 3.32. The zero-order valence-electron chi connectivity index (χ0n) is 10.9. The number of ether oxygens (including phenoxy) is 1. The summed E-state index contributed by atoms with van der Waals surface area (Å²) in [6, 6.07) is 0. The average Bonchev–Trinajstić information content (AvgIpc) is 2.29. The van der Waals surface area contributed by atoms with Crippen LogP contribution >= 0.6 is 0 Å². The molecule has 0 aromatic heterocycles. The molecule has 0 bridgehead atoms. The summed E-state index contributed by atoms with van der Waals surface area (Å²) in [5, 5.41) is 10.1. The van der Waals surface area contributed by atoms with E-state index in [1.807, 2.05) is 13.8 Å². The van der Waals surface area contributed by atoms with Crippen LogP contribution in [-0.2, 0) is 9.53 Å². The molecule has 0 aromatic rings. The fraction of sp³-hybridized carbons (Fsp3) is 0.786. The number of rotatable bonds is 5. The Morgan fingerprint density at radius 3 is 2.82 bits per heavy atom. The number of aliphatic hydroxyl groups is 1. The zero-order chi connectivity index (χ0) is 12.9. The minimum atomic E-state index is -0.741. The number of hydrogen-bond acceptors (Lipinski definition) is 3. The largest absolute Gasteiger partial charge is 0.465 e. The number of carbonyl (C=O) groups excluding carboxylic acids is 1. The minimum Gasteiger partial charge on any atom is -0.465 e. The monoisotopic (exact) mass is 240 g/mol. The van der Waals surface area contributed by atoms with E-state index in [4.69, 9.17) is 4.74 Å². The molecule has 1 N–H and O–H groups in total. The van der Waals surface area contributed by atoms with Crippen LogP contribution in [0, 0.1) is 11.3 Å². The average molecular weight is 240 g/mol. The molecule has 0 heterocycles. The Hall–Kier alpha value is -0.830. The van der Waals surface area contributed by atoms with Crippen molar-refractivity contribution < 1.29 is 14.6 Å². The SMILES string of the molecule is C=CC[C@@]1(C(=O)OCC(C)C)CCCC[C@H]1O. The molecule has 0 aliphatic heterocycles. The van der Waals surface area contributed by atoms with Crippen molar-refractivity contribution in [2.75, 3.05) is 6.61 Å². The molecular formula is C14H24O3. The summed E-state index contributed by atoms with van der Waals surface area (Å²) in [5.41, 5.74) is -0.741. The molecule has 0 spiro atoms. The second-order valence-electron chi connectivity index (χ2n) is 5.40. The van der Waals surface area contributed by atoms with Crippen LogP contribution in [0.1, 0.15) is 46.0 Å². The molecule has 1 saturated carbocycles. The topological polar surface area (TPSA) is 46.5 Å². The summed E-state index contributed by atoms with van der Waals surface area (Å²) in [6.45, 7) is 8.12. The molecule has 1 rings (SSSR count). The Morgan fingerprint density at radius 2 is 2.29 bits per heavy atom. The minimum absolute atomic E-state index is 0.252. The van der Waals surface area contributed by atoms with E-state index in [2.05, 4.69) is 6.58 Å². The molecule has 0 saturated heterocycles. The fourth-order valence-corrected chi connectivity index (χ4v) is 2.42. The first kappa shape index (κ1) is 14.2. The molecule has 3 nitrogen and oxygen atoms in total. The van der Waals surface area contributed by atoms with Gasteiger partial charge in [0, 0.05) is 0 Å². The van der Waals surface area contributed by atoms with E-state index in [9.17, 15) is 9.90 Å². The van der Waals surface area contributed by atoms with Gasteiger partial charge in [-0.1, -0.05) is 32.8 Å². The van der Waals surface area contributed by atoms with Crippen molar-refractivity contribution in [2.45, 2.75) is 52.1 Å². The van der Waals surface area contributed by atoms with Crippen LogP contribution in [0.2, 0.25) is 0 Å². The van der Waals surface area contributed by atoms with Gasteiger partial charge in [0.1, 0.15) is 0 Å². The number of aliphatic hydroxyl groups excluding tert-OH is 1. The van der Waals surface area contributed by atoms with Crippen LogP contribution in [0.15, 0.2) is 12.7 Å². The summed E-state index contributed by atoms with van der Waals surface area (Å²) >= 11 is 0. The molecule has 17 heavy (non-hydrogen) atoms. The van der Waals surface area contributed by atoms with Crippen molar-refractivity contribution >= 4 is 5.97 Å². The molecule has 0 radical (unpaired) electrons. The van der Waals surface area contributed by atoms with Gasteiger partial charge in [-0.2, -0.15) is 0 Å². The van der Waals surface area contributed by atoms with Gasteiger partial charge in [0.15, 0.2) is 0 Å². The second kappa shape index (κ2) is 6.20. The molecule has 3 heteroatoms. The first-order chi connectivity index (χ1) is 8.03. The summed E-state index contributed by atoms with van der Waals surface area (Å²) < 4.78 is 5.32. The normalized spacial score (nSPS) is 29.1. The third-order valence-electron chi connectivity index (χ3n) is 3.45. The van der Waals surface area contributed by atoms with E-state index in [-0.39, 0.29) is 5.97 Å². The molecule has 1 aliphatic carbocycles. The highest BCUT2D eigenvalue weighted by Gasteiger charge is 2.46. The smallest absolute Gasteiger partial charge is 0.315 e. The van der Waals surface area contributed by atoms with Crippen molar-refractivity contribution in [1.29, 1.82) is 0 Å². The van der Waals surface area contributed by atoms with Gasteiger partial charge in [0.05, 0.1) is 18.1 Å². The van der Waals surface area contributed by atoms with E-state index in [1.165, 1.54) is 0 Å². The van der Waals surface area contributed by atoms with E-state index >= 15 is 0 Å². The Morgan fingerprint density at radius 1 is 1.59 bits per heavy atom. The van der Waals surface area contributed by atoms with Crippen molar-refractivity contribution in [2.24, 2.45) is 11.3 Å². The van der Waals surface area contributed by atoms with Crippen LogP contribution < -0.4 is 0 Å². The number of esters is 1. The quantitative estimate of drug-likeness (QED) is 0.593. The number of allylic oxidation sites excluding steroid dienone is 1. The maximum Gasteiger partial charge on any atom is 0.315 e. The van der Waals surface area contributed by atoms with E-state index in [0.717, 1.165) is 12.8 Å². The Balaban J connectivity index is 2.75. The molecular weight excluding hydrogens is 216 g/mol. The van der Waals surface area contributed by atoms with Crippen molar-refractivity contribution in [3.63, 3.8) is 0 Å². The van der Waals surface area contributed by atoms with Crippen LogP contribution in [0.4, 0.5) is 0 Å². The van der Waals surface area contributed by atoms with E-state index in [1.54, 1.807) is 6.08 Å². The first-order valence-electron chi connectivity index (χ1n) is 6.49. The lowest BCUT2D eigenvalue weighted by Gasteiger charge is -2.38. The molecule has 98 valence electrons. The van der Waals surface area contributed by atoms with Gasteiger partial charge in [0.2, 0.25) is 0 Å². The summed E-state index contributed by atoms with van der Waals surface area (Å²) in [5.74, 6) is 0.0683. The third-order valence-corrected chi connectivity index (χ3v) is 3.45. The van der Waals surface area contributed by atoms with Crippen LogP contribution in [0.25, 0.3) is 0 Å². The summed E-state index contributed by atoms with van der Waals surface area (Å²) in [6.07, 6.45) is 4.98. The van der Waals surface area contributed by atoms with Gasteiger partial charge >= 0.3 is 5.97 Å².